The van der Waals surface area contributed by atoms with Crippen LogP contribution in [0.1, 0.15) is 36.3 Å². The van der Waals surface area contributed by atoms with Crippen LogP contribution in [0.5, 0.6) is 5.88 Å². The highest BCUT2D eigenvalue weighted by molar-refractivity contribution is 5.87. The van der Waals surface area contributed by atoms with Gasteiger partial charge in [0.25, 0.3) is 0 Å². The number of nitrogens with zero attached hydrogens (tertiary/aromatic N) is 1. The molecular formula is C13H19NO4. The summed E-state index contributed by atoms with van der Waals surface area (Å²) in [4.78, 5) is 15.0. The van der Waals surface area contributed by atoms with Gasteiger partial charge in [-0.2, -0.15) is 0 Å². The smallest absolute Gasteiger partial charge is 0.335 e. The second-order valence-corrected chi connectivity index (χ2v) is 4.70. The van der Waals surface area contributed by atoms with Gasteiger partial charge < -0.3 is 14.6 Å². The molecule has 0 spiro atoms. The minimum Gasteiger partial charge on any atom is -0.478 e. The number of carboxylic acids is 1. The van der Waals surface area contributed by atoms with Gasteiger partial charge in [-0.1, -0.05) is 0 Å². The number of ether oxygens (including phenoxy) is 2. The molecular weight excluding hydrogens is 234 g/mol. The van der Waals surface area contributed by atoms with Crippen LogP contribution in [-0.4, -0.2) is 35.4 Å². The molecule has 0 bridgehead atoms. The van der Waals surface area contributed by atoms with Crippen LogP contribution in [0, 0.1) is 6.92 Å². The van der Waals surface area contributed by atoms with Crippen molar-refractivity contribution in [1.82, 2.24) is 4.98 Å². The van der Waals surface area contributed by atoms with Gasteiger partial charge in [0, 0.05) is 25.3 Å². The van der Waals surface area contributed by atoms with Gasteiger partial charge in [0.05, 0.1) is 17.8 Å². The summed E-state index contributed by atoms with van der Waals surface area (Å²) in [5.74, 6) is -0.651. The number of hydrogen-bond acceptors (Lipinski definition) is 4. The van der Waals surface area contributed by atoms with Crippen LogP contribution >= 0.6 is 0 Å². The quantitative estimate of drug-likeness (QED) is 0.842. The molecule has 0 unspecified atom stereocenters. The van der Waals surface area contributed by atoms with Gasteiger partial charge in [0.1, 0.15) is 0 Å². The fraction of sp³-hybridized carbons (Fsp3) is 0.538. The number of pyridine rings is 1. The molecule has 1 N–H and O–H groups in total. The van der Waals surface area contributed by atoms with E-state index >= 15 is 0 Å². The summed E-state index contributed by atoms with van der Waals surface area (Å²) in [6, 6.07) is 2.93. The maximum absolute atomic E-state index is 10.9. The Hall–Kier alpha value is -1.62. The first kappa shape index (κ1) is 14.4. The number of carboxylic acid groups (broad SMARTS) is 1. The van der Waals surface area contributed by atoms with Gasteiger partial charge in [0.15, 0.2) is 0 Å². The summed E-state index contributed by atoms with van der Waals surface area (Å²) in [6.07, 6.45) is 0.696. The zero-order valence-electron chi connectivity index (χ0n) is 11.2. The summed E-state index contributed by atoms with van der Waals surface area (Å²) in [7, 11) is 1.65. The molecule has 5 heteroatoms. The van der Waals surface area contributed by atoms with Crippen LogP contribution in [0.4, 0.5) is 0 Å². The number of methoxy groups -OCH3 is 1. The topological polar surface area (TPSA) is 68.7 Å². The molecule has 0 saturated heterocycles. The third kappa shape index (κ3) is 4.33. The number of hydrogen-bond donors (Lipinski definition) is 1. The lowest BCUT2D eigenvalue weighted by molar-refractivity contribution is 0.00505. The van der Waals surface area contributed by atoms with E-state index in [1.807, 2.05) is 13.8 Å². The van der Waals surface area contributed by atoms with Crippen LogP contribution in [-0.2, 0) is 4.74 Å². The Labute approximate surface area is 107 Å². The highest BCUT2D eigenvalue weighted by atomic mass is 16.5. The third-order valence-corrected chi connectivity index (χ3v) is 2.68. The Kier molecular flexibility index (Phi) is 4.67. The predicted molar refractivity (Wildman–Crippen MR) is 67.1 cm³/mol. The molecule has 1 aromatic heterocycles. The van der Waals surface area contributed by atoms with Crippen LogP contribution in [0.15, 0.2) is 12.1 Å². The number of aryl methyl sites for hydroxylation is 1. The fourth-order valence-electron chi connectivity index (χ4n) is 1.34. The van der Waals surface area contributed by atoms with Gasteiger partial charge in [-0.25, -0.2) is 9.78 Å². The molecule has 0 fully saturated rings. The van der Waals surface area contributed by atoms with Crippen molar-refractivity contribution in [2.45, 2.75) is 32.8 Å². The molecule has 0 atom stereocenters. The van der Waals surface area contributed by atoms with Crippen molar-refractivity contribution in [3.05, 3.63) is 23.4 Å². The monoisotopic (exact) mass is 253 g/mol. The first-order valence-corrected chi connectivity index (χ1v) is 5.74. The molecule has 1 rings (SSSR count). The van der Waals surface area contributed by atoms with Crippen molar-refractivity contribution in [2.75, 3.05) is 13.7 Å². The molecule has 0 radical (unpaired) electrons. The lowest BCUT2D eigenvalue weighted by Gasteiger charge is -2.22. The average molecular weight is 253 g/mol. The minimum atomic E-state index is -0.984. The summed E-state index contributed by atoms with van der Waals surface area (Å²) in [5, 5.41) is 8.92. The van der Waals surface area contributed by atoms with E-state index in [4.69, 9.17) is 14.6 Å². The van der Waals surface area contributed by atoms with E-state index in [-0.39, 0.29) is 11.2 Å². The Morgan fingerprint density at radius 3 is 2.67 bits per heavy atom. The van der Waals surface area contributed by atoms with E-state index in [2.05, 4.69) is 4.98 Å². The standard InChI is InChI=1S/C13H19NO4/c1-9-7-10(12(15)16)8-11(14-9)18-6-5-13(2,3)17-4/h7-8H,5-6H2,1-4H3,(H,15,16). The molecule has 0 amide bonds. The van der Waals surface area contributed by atoms with Crippen molar-refractivity contribution >= 4 is 5.97 Å². The third-order valence-electron chi connectivity index (χ3n) is 2.68. The Morgan fingerprint density at radius 2 is 2.11 bits per heavy atom. The van der Waals surface area contributed by atoms with E-state index in [1.165, 1.54) is 12.1 Å². The first-order chi connectivity index (χ1) is 8.34. The first-order valence-electron chi connectivity index (χ1n) is 5.74. The lowest BCUT2D eigenvalue weighted by Crippen LogP contribution is -2.25. The van der Waals surface area contributed by atoms with Crippen molar-refractivity contribution in [1.29, 1.82) is 0 Å². The summed E-state index contributed by atoms with van der Waals surface area (Å²) in [5.41, 5.74) is 0.541. The molecule has 0 saturated carbocycles. The zero-order chi connectivity index (χ0) is 13.8. The van der Waals surface area contributed by atoms with Crippen LogP contribution in [0.3, 0.4) is 0 Å². The lowest BCUT2D eigenvalue weighted by atomic mass is 10.1. The Balaban J connectivity index is 2.65. The second-order valence-electron chi connectivity index (χ2n) is 4.70. The van der Waals surface area contributed by atoms with Crippen molar-refractivity contribution in [3.8, 4) is 5.88 Å². The van der Waals surface area contributed by atoms with Gasteiger partial charge in [0.2, 0.25) is 5.88 Å². The van der Waals surface area contributed by atoms with Crippen molar-refractivity contribution in [2.24, 2.45) is 0 Å². The molecule has 1 heterocycles. The molecule has 0 aliphatic rings. The molecule has 0 aliphatic heterocycles. The second kappa shape index (κ2) is 5.82. The van der Waals surface area contributed by atoms with E-state index in [0.29, 0.717) is 24.6 Å². The van der Waals surface area contributed by atoms with Gasteiger partial charge in [-0.15, -0.1) is 0 Å². The molecule has 0 aromatic carbocycles. The summed E-state index contributed by atoms with van der Waals surface area (Å²) in [6.45, 7) is 6.08. The van der Waals surface area contributed by atoms with E-state index in [0.717, 1.165) is 0 Å². The Morgan fingerprint density at radius 1 is 1.44 bits per heavy atom. The molecule has 5 nitrogen and oxygen atoms in total. The minimum absolute atomic E-state index is 0.184. The zero-order valence-corrected chi connectivity index (χ0v) is 11.2. The van der Waals surface area contributed by atoms with Crippen LogP contribution in [0.25, 0.3) is 0 Å². The molecule has 0 aliphatic carbocycles. The number of carbonyl (C=O) groups is 1. The number of aromatic nitrogens is 1. The van der Waals surface area contributed by atoms with Gasteiger partial charge >= 0.3 is 5.97 Å². The number of aromatic carboxylic acids is 1. The maximum Gasteiger partial charge on any atom is 0.335 e. The van der Waals surface area contributed by atoms with E-state index < -0.39 is 5.97 Å². The highest BCUT2D eigenvalue weighted by Crippen LogP contribution is 2.16. The molecule has 100 valence electrons. The molecule has 18 heavy (non-hydrogen) atoms. The molecule has 1 aromatic rings. The summed E-state index contributed by atoms with van der Waals surface area (Å²) >= 11 is 0. The maximum atomic E-state index is 10.9. The van der Waals surface area contributed by atoms with Crippen molar-refractivity contribution < 1.29 is 19.4 Å². The predicted octanol–water partition coefficient (Wildman–Crippen LogP) is 2.28. The summed E-state index contributed by atoms with van der Waals surface area (Å²) < 4.78 is 10.7. The largest absolute Gasteiger partial charge is 0.478 e. The van der Waals surface area contributed by atoms with E-state index in [1.54, 1.807) is 14.0 Å². The highest BCUT2D eigenvalue weighted by Gasteiger charge is 2.16. The Bertz CT molecular complexity index is 429. The van der Waals surface area contributed by atoms with Crippen LogP contribution < -0.4 is 4.74 Å². The SMILES string of the molecule is COC(C)(C)CCOc1cc(C(=O)O)cc(C)n1. The van der Waals surface area contributed by atoms with Crippen LogP contribution in [0.2, 0.25) is 0 Å². The van der Waals surface area contributed by atoms with E-state index in [9.17, 15) is 4.79 Å². The average Bonchev–Trinajstić information content (AvgIpc) is 2.28. The van der Waals surface area contributed by atoms with Crippen molar-refractivity contribution in [3.63, 3.8) is 0 Å². The fourth-order valence-corrected chi connectivity index (χ4v) is 1.34. The van der Waals surface area contributed by atoms with Gasteiger partial charge in [-0.05, 0) is 26.8 Å². The number of rotatable bonds is 6. The normalized spacial score (nSPS) is 11.3. The van der Waals surface area contributed by atoms with Gasteiger partial charge in [-0.3, -0.25) is 0 Å².